The van der Waals surface area contributed by atoms with Crippen LogP contribution in [0.5, 0.6) is 0 Å². The number of nitrogens with one attached hydrogen (secondary N) is 2. The van der Waals surface area contributed by atoms with Crippen molar-refractivity contribution in [1.29, 1.82) is 0 Å². The van der Waals surface area contributed by atoms with Crippen LogP contribution in [0, 0.1) is 27.7 Å². The molecule has 1 heterocycles. The minimum absolute atomic E-state index is 0.00637. The van der Waals surface area contributed by atoms with Gasteiger partial charge in [0.15, 0.2) is 0 Å². The highest BCUT2D eigenvalue weighted by Crippen LogP contribution is 2.26. The molecule has 1 saturated heterocycles. The SMILES string of the molecule is Cc1ccc(C)c(NC(=O)[C@@H](c2ccccc2)N2CCN(CC(=O)Nc3c(C)cccc3C)CC2)c1. The molecule has 2 amide bonds. The summed E-state index contributed by atoms with van der Waals surface area (Å²) in [6.07, 6.45) is 0. The van der Waals surface area contributed by atoms with Crippen molar-refractivity contribution in [2.75, 3.05) is 43.4 Å². The zero-order valence-corrected chi connectivity index (χ0v) is 21.7. The average molecular weight is 485 g/mol. The van der Waals surface area contributed by atoms with E-state index in [1.165, 1.54) is 0 Å². The van der Waals surface area contributed by atoms with Gasteiger partial charge in [0.25, 0.3) is 0 Å². The zero-order valence-electron chi connectivity index (χ0n) is 21.7. The number of amides is 2. The first-order valence-corrected chi connectivity index (χ1v) is 12.6. The molecule has 36 heavy (non-hydrogen) atoms. The maximum absolute atomic E-state index is 13.6. The Labute approximate surface area is 214 Å². The Hall–Kier alpha value is -3.48. The van der Waals surface area contributed by atoms with Crippen LogP contribution in [-0.2, 0) is 9.59 Å². The number of rotatable bonds is 7. The van der Waals surface area contributed by atoms with Crippen LogP contribution in [0.3, 0.4) is 0 Å². The summed E-state index contributed by atoms with van der Waals surface area (Å²) in [7, 11) is 0. The third-order valence-corrected chi connectivity index (χ3v) is 6.90. The fraction of sp³-hybridized carbons (Fsp3) is 0.333. The van der Waals surface area contributed by atoms with Gasteiger partial charge in [-0.15, -0.1) is 0 Å². The molecular weight excluding hydrogens is 448 g/mol. The van der Waals surface area contributed by atoms with E-state index in [9.17, 15) is 9.59 Å². The molecule has 0 aromatic heterocycles. The predicted octanol–water partition coefficient (Wildman–Crippen LogP) is 4.86. The number of hydrogen-bond donors (Lipinski definition) is 2. The molecule has 1 aliphatic rings. The minimum atomic E-state index is -0.392. The Bertz CT molecular complexity index is 1200. The van der Waals surface area contributed by atoms with Crippen molar-refractivity contribution in [3.63, 3.8) is 0 Å². The molecule has 0 unspecified atom stereocenters. The van der Waals surface area contributed by atoms with Crippen LogP contribution in [0.25, 0.3) is 0 Å². The minimum Gasteiger partial charge on any atom is -0.324 e. The van der Waals surface area contributed by atoms with Crippen LogP contribution in [0.15, 0.2) is 66.7 Å². The van der Waals surface area contributed by atoms with Gasteiger partial charge in [-0.2, -0.15) is 0 Å². The average Bonchev–Trinajstić information content (AvgIpc) is 2.86. The number of aryl methyl sites for hydroxylation is 4. The number of anilines is 2. The smallest absolute Gasteiger partial charge is 0.246 e. The summed E-state index contributed by atoms with van der Waals surface area (Å²) < 4.78 is 0. The Kier molecular flexibility index (Phi) is 8.18. The number of nitrogens with zero attached hydrogens (tertiary/aromatic N) is 2. The highest BCUT2D eigenvalue weighted by molar-refractivity contribution is 5.96. The van der Waals surface area contributed by atoms with E-state index >= 15 is 0 Å². The number of carbonyl (C=O) groups is 2. The summed E-state index contributed by atoms with van der Waals surface area (Å²) in [5.41, 5.74) is 7.00. The third kappa shape index (κ3) is 6.20. The number of carbonyl (C=O) groups excluding carboxylic acids is 2. The lowest BCUT2D eigenvalue weighted by Gasteiger charge is -2.38. The Morgan fingerprint density at radius 3 is 2.11 bits per heavy atom. The van der Waals surface area contributed by atoms with Crippen LogP contribution >= 0.6 is 0 Å². The van der Waals surface area contributed by atoms with E-state index in [2.05, 4.69) is 26.5 Å². The molecule has 188 valence electrons. The summed E-state index contributed by atoms with van der Waals surface area (Å²) in [6.45, 7) is 11.2. The first-order valence-electron chi connectivity index (χ1n) is 12.6. The lowest BCUT2D eigenvalue weighted by Crippen LogP contribution is -2.51. The molecule has 3 aromatic rings. The first kappa shape index (κ1) is 25.6. The van der Waals surface area contributed by atoms with Crippen molar-refractivity contribution >= 4 is 23.2 Å². The van der Waals surface area contributed by atoms with E-state index in [-0.39, 0.29) is 11.8 Å². The lowest BCUT2D eigenvalue weighted by atomic mass is 10.0. The summed E-state index contributed by atoms with van der Waals surface area (Å²) in [5.74, 6) is -0.0377. The molecule has 0 saturated carbocycles. The fourth-order valence-electron chi connectivity index (χ4n) is 4.81. The van der Waals surface area contributed by atoms with Crippen molar-refractivity contribution in [3.8, 4) is 0 Å². The van der Waals surface area contributed by atoms with E-state index in [4.69, 9.17) is 0 Å². The molecule has 3 aromatic carbocycles. The second-order valence-electron chi connectivity index (χ2n) is 9.75. The summed E-state index contributed by atoms with van der Waals surface area (Å²) in [5, 5.41) is 6.25. The third-order valence-electron chi connectivity index (χ3n) is 6.90. The van der Waals surface area contributed by atoms with Crippen molar-refractivity contribution in [3.05, 3.63) is 94.5 Å². The normalized spacial score (nSPS) is 15.3. The van der Waals surface area contributed by atoms with E-state index < -0.39 is 6.04 Å². The van der Waals surface area contributed by atoms with Gasteiger partial charge in [-0.25, -0.2) is 0 Å². The maximum atomic E-state index is 13.6. The Balaban J connectivity index is 1.42. The van der Waals surface area contributed by atoms with Gasteiger partial charge < -0.3 is 10.6 Å². The van der Waals surface area contributed by atoms with Crippen molar-refractivity contribution in [2.45, 2.75) is 33.7 Å². The van der Waals surface area contributed by atoms with Gasteiger partial charge >= 0.3 is 0 Å². The monoisotopic (exact) mass is 484 g/mol. The van der Waals surface area contributed by atoms with Crippen LogP contribution in [0.2, 0.25) is 0 Å². The summed E-state index contributed by atoms with van der Waals surface area (Å²) in [4.78, 5) is 30.7. The van der Waals surface area contributed by atoms with Crippen molar-refractivity contribution in [1.82, 2.24) is 9.80 Å². The van der Waals surface area contributed by atoms with Gasteiger partial charge in [-0.3, -0.25) is 19.4 Å². The molecule has 0 aliphatic carbocycles. The number of benzene rings is 3. The largest absolute Gasteiger partial charge is 0.324 e. The number of para-hydroxylation sites is 1. The van der Waals surface area contributed by atoms with Crippen LogP contribution in [-0.4, -0.2) is 54.3 Å². The van der Waals surface area contributed by atoms with Gasteiger partial charge in [-0.05, 0) is 61.6 Å². The summed E-state index contributed by atoms with van der Waals surface area (Å²) >= 11 is 0. The fourth-order valence-corrected chi connectivity index (χ4v) is 4.81. The lowest BCUT2D eigenvalue weighted by molar-refractivity contribution is -0.123. The van der Waals surface area contributed by atoms with Crippen LogP contribution in [0.4, 0.5) is 11.4 Å². The van der Waals surface area contributed by atoms with E-state index in [1.54, 1.807) is 0 Å². The Morgan fingerprint density at radius 2 is 1.44 bits per heavy atom. The molecule has 0 radical (unpaired) electrons. The van der Waals surface area contributed by atoms with Gasteiger partial charge in [0.05, 0.1) is 6.54 Å². The Morgan fingerprint density at radius 1 is 0.778 bits per heavy atom. The second-order valence-corrected chi connectivity index (χ2v) is 9.75. The highest BCUT2D eigenvalue weighted by Gasteiger charge is 2.31. The van der Waals surface area contributed by atoms with E-state index in [1.807, 2.05) is 88.4 Å². The van der Waals surface area contributed by atoms with Crippen LogP contribution < -0.4 is 10.6 Å². The highest BCUT2D eigenvalue weighted by atomic mass is 16.2. The topological polar surface area (TPSA) is 64.7 Å². The van der Waals surface area contributed by atoms with Crippen molar-refractivity contribution < 1.29 is 9.59 Å². The molecule has 4 rings (SSSR count). The van der Waals surface area contributed by atoms with Gasteiger partial charge in [-0.1, -0.05) is 60.7 Å². The first-order chi connectivity index (χ1) is 17.3. The summed E-state index contributed by atoms with van der Waals surface area (Å²) in [6, 6.07) is 21.7. The molecular formula is C30H36N4O2. The van der Waals surface area contributed by atoms with Gasteiger partial charge in [0.1, 0.15) is 6.04 Å². The molecule has 2 N–H and O–H groups in total. The van der Waals surface area contributed by atoms with Crippen molar-refractivity contribution in [2.24, 2.45) is 0 Å². The van der Waals surface area contributed by atoms with E-state index in [0.29, 0.717) is 19.6 Å². The molecule has 6 heteroatoms. The molecule has 0 bridgehead atoms. The molecule has 6 nitrogen and oxygen atoms in total. The number of piperazine rings is 1. The molecule has 1 aliphatic heterocycles. The van der Waals surface area contributed by atoms with Gasteiger partial charge in [0, 0.05) is 37.6 Å². The zero-order chi connectivity index (χ0) is 25.7. The molecule has 1 fully saturated rings. The molecule has 0 spiro atoms. The maximum Gasteiger partial charge on any atom is 0.246 e. The quantitative estimate of drug-likeness (QED) is 0.503. The standard InChI is InChI=1S/C30H36N4O2/c1-21-13-14-22(2)26(19-21)31-30(36)29(25-11-6-5-7-12-25)34-17-15-33(16-18-34)20-27(35)32-28-23(3)9-8-10-24(28)4/h5-14,19,29H,15-18,20H2,1-4H3,(H,31,36)(H,32,35)/t29-/m1/s1. The number of hydrogen-bond acceptors (Lipinski definition) is 4. The predicted molar refractivity (Wildman–Crippen MR) is 146 cm³/mol. The van der Waals surface area contributed by atoms with Crippen LogP contribution in [0.1, 0.15) is 33.9 Å². The van der Waals surface area contributed by atoms with E-state index in [0.717, 1.165) is 52.3 Å². The van der Waals surface area contributed by atoms with Gasteiger partial charge in [0.2, 0.25) is 11.8 Å². The molecule has 1 atom stereocenters. The second kappa shape index (κ2) is 11.5.